The molecule has 0 spiro atoms. The van der Waals surface area contributed by atoms with Crippen LogP contribution < -0.4 is 16.5 Å². The van der Waals surface area contributed by atoms with Gasteiger partial charge >= 0.3 is 5.97 Å². The van der Waals surface area contributed by atoms with Crippen LogP contribution >= 0.6 is 0 Å². The summed E-state index contributed by atoms with van der Waals surface area (Å²) in [5.41, 5.74) is 2.70. The Bertz CT molecular complexity index is 460. The zero-order valence-electron chi connectivity index (χ0n) is 15.4. The first-order chi connectivity index (χ1) is 10.3. The van der Waals surface area contributed by atoms with E-state index in [1.165, 1.54) is 6.92 Å². The zero-order chi connectivity index (χ0) is 18.5. The molecule has 0 aromatic heterocycles. The van der Waals surface area contributed by atoms with Crippen molar-refractivity contribution >= 4 is 17.7 Å². The second-order valence-electron chi connectivity index (χ2n) is 6.92. The third kappa shape index (κ3) is 5.49. The molecule has 0 radical (unpaired) electrons. The van der Waals surface area contributed by atoms with Crippen LogP contribution in [-0.4, -0.2) is 41.6 Å². The monoisotopic (exact) mass is 330 g/mol. The van der Waals surface area contributed by atoms with Crippen LogP contribution in [-0.2, 0) is 19.1 Å². The molecular weight excluding hydrogens is 298 g/mol. The molecule has 1 amide bonds. The molecule has 0 saturated heterocycles. The van der Waals surface area contributed by atoms with E-state index in [4.69, 9.17) is 20.6 Å². The fraction of sp³-hybridized carbons (Fsp3) is 0.812. The van der Waals surface area contributed by atoms with Gasteiger partial charge in [-0.25, -0.2) is 0 Å². The first-order valence-electron chi connectivity index (χ1n) is 7.71. The first-order valence-corrected chi connectivity index (χ1v) is 7.71. The number of rotatable bonds is 9. The highest BCUT2D eigenvalue weighted by Crippen LogP contribution is 2.37. The number of hydrogen-bond donors (Lipinski definition) is 3. The number of nitrogens with one attached hydrogen (secondary N) is 1. The molecule has 23 heavy (non-hydrogen) atoms. The fourth-order valence-electron chi connectivity index (χ4n) is 2.49. The predicted molar refractivity (Wildman–Crippen MR) is 88.5 cm³/mol. The molecule has 0 aliphatic rings. The maximum absolute atomic E-state index is 12.3. The van der Waals surface area contributed by atoms with Crippen LogP contribution in [0.3, 0.4) is 0 Å². The van der Waals surface area contributed by atoms with E-state index >= 15 is 0 Å². The van der Waals surface area contributed by atoms with Gasteiger partial charge in [0.25, 0.3) is 0 Å². The Balaban J connectivity index is 5.35. The van der Waals surface area contributed by atoms with Gasteiger partial charge in [-0.15, -0.1) is 0 Å². The van der Waals surface area contributed by atoms with Crippen molar-refractivity contribution in [3.05, 3.63) is 0 Å². The van der Waals surface area contributed by atoms with Gasteiger partial charge in [0, 0.05) is 26.9 Å². The number of ether oxygens (including phenoxy) is 2. The van der Waals surface area contributed by atoms with E-state index in [1.54, 1.807) is 27.9 Å². The van der Waals surface area contributed by atoms with Crippen molar-refractivity contribution in [2.75, 3.05) is 7.11 Å². The van der Waals surface area contributed by atoms with Crippen LogP contribution in [0.2, 0.25) is 0 Å². The number of amides is 1. The summed E-state index contributed by atoms with van der Waals surface area (Å²) in [6, 6.07) is 0. The standard InChI is InChI=1S/C16H31N3O4/c1-11(20)23-15(4,5)16(6,14(2,3)22-7)19-13(21)10-8-9-12(17)18/h8-10H2,1-7H3,(H3,17,18)(H,19,21)/p+1. The van der Waals surface area contributed by atoms with Crippen molar-refractivity contribution in [1.29, 1.82) is 0 Å². The van der Waals surface area contributed by atoms with Crippen molar-refractivity contribution < 1.29 is 24.5 Å². The van der Waals surface area contributed by atoms with Crippen LogP contribution in [0.5, 0.6) is 0 Å². The molecule has 0 fully saturated rings. The van der Waals surface area contributed by atoms with E-state index in [1.807, 2.05) is 13.8 Å². The summed E-state index contributed by atoms with van der Waals surface area (Å²) >= 11 is 0. The molecule has 1 atom stereocenters. The topological polar surface area (TPSA) is 116 Å². The number of carbonyl (C=O) groups excluding carboxylic acids is 2. The molecule has 134 valence electrons. The fourth-order valence-corrected chi connectivity index (χ4v) is 2.49. The Morgan fingerprint density at radius 1 is 1.09 bits per heavy atom. The van der Waals surface area contributed by atoms with Gasteiger partial charge in [-0.05, 0) is 41.0 Å². The molecule has 7 heteroatoms. The van der Waals surface area contributed by atoms with Crippen LogP contribution in [0.4, 0.5) is 0 Å². The lowest BCUT2D eigenvalue weighted by atomic mass is 9.71. The molecule has 0 aliphatic heterocycles. The molecule has 7 nitrogen and oxygen atoms in total. The second kappa shape index (κ2) is 7.77. The summed E-state index contributed by atoms with van der Waals surface area (Å²) in [5.74, 6) is -0.301. The summed E-state index contributed by atoms with van der Waals surface area (Å²) in [6.07, 6.45) is 1.29. The Kier molecular flexibility index (Phi) is 7.22. The SMILES string of the molecule is COC(C)(C)C(C)(NC(=O)CCCC(N)=[NH2+])C(C)(C)OC(C)=O. The Morgan fingerprint density at radius 2 is 1.61 bits per heavy atom. The normalized spacial score (nSPS) is 14.7. The quantitative estimate of drug-likeness (QED) is 0.310. The summed E-state index contributed by atoms with van der Waals surface area (Å²) in [4.78, 5) is 23.8. The van der Waals surface area contributed by atoms with E-state index in [2.05, 4.69) is 5.32 Å². The van der Waals surface area contributed by atoms with Gasteiger partial charge in [0.15, 0.2) is 0 Å². The predicted octanol–water partition coefficient (Wildman–Crippen LogP) is -0.0854. The van der Waals surface area contributed by atoms with Crippen molar-refractivity contribution in [2.24, 2.45) is 5.73 Å². The molecule has 0 rings (SSSR count). The molecule has 0 bridgehead atoms. The summed E-state index contributed by atoms with van der Waals surface area (Å²) < 4.78 is 11.0. The van der Waals surface area contributed by atoms with Gasteiger partial charge in [-0.1, -0.05) is 0 Å². The number of esters is 1. The minimum Gasteiger partial charge on any atom is -0.457 e. The van der Waals surface area contributed by atoms with Crippen LogP contribution in [0.1, 0.15) is 60.8 Å². The number of carbonyl (C=O) groups is 2. The molecular formula is C16H32N3O4+. The van der Waals surface area contributed by atoms with E-state index < -0.39 is 22.7 Å². The van der Waals surface area contributed by atoms with Crippen molar-refractivity contribution in [2.45, 2.75) is 77.5 Å². The van der Waals surface area contributed by atoms with Crippen LogP contribution in [0, 0.1) is 0 Å². The molecule has 0 aromatic carbocycles. The van der Waals surface area contributed by atoms with Gasteiger partial charge < -0.3 is 14.8 Å². The Labute approximate surface area is 138 Å². The minimum atomic E-state index is -0.979. The highest BCUT2D eigenvalue weighted by molar-refractivity contribution is 5.79. The van der Waals surface area contributed by atoms with E-state index in [9.17, 15) is 9.59 Å². The highest BCUT2D eigenvalue weighted by Gasteiger charge is 2.55. The first kappa shape index (κ1) is 21.4. The Hall–Kier alpha value is -1.63. The number of methoxy groups -OCH3 is 1. The average Bonchev–Trinajstić information content (AvgIpc) is 2.36. The maximum atomic E-state index is 12.3. The summed E-state index contributed by atoms with van der Waals surface area (Å²) in [6.45, 7) is 10.3. The second-order valence-corrected chi connectivity index (χ2v) is 6.92. The lowest BCUT2D eigenvalue weighted by molar-refractivity contribution is -0.184. The molecule has 5 N–H and O–H groups in total. The maximum Gasteiger partial charge on any atom is 0.303 e. The van der Waals surface area contributed by atoms with Crippen molar-refractivity contribution in [3.8, 4) is 0 Å². The van der Waals surface area contributed by atoms with E-state index in [0.29, 0.717) is 18.7 Å². The highest BCUT2D eigenvalue weighted by atomic mass is 16.6. The Morgan fingerprint density at radius 3 is 2.00 bits per heavy atom. The minimum absolute atomic E-state index is 0.181. The third-order valence-electron chi connectivity index (χ3n) is 4.58. The summed E-state index contributed by atoms with van der Waals surface area (Å²) in [7, 11) is 1.55. The van der Waals surface area contributed by atoms with Gasteiger partial charge in [-0.2, -0.15) is 0 Å². The van der Waals surface area contributed by atoms with Gasteiger partial charge in [-0.3, -0.25) is 20.7 Å². The number of amidine groups is 1. The van der Waals surface area contributed by atoms with E-state index in [0.717, 1.165) is 0 Å². The molecule has 1 unspecified atom stereocenters. The largest absolute Gasteiger partial charge is 0.457 e. The lowest BCUT2D eigenvalue weighted by Crippen LogP contribution is -2.71. The summed E-state index contributed by atoms with van der Waals surface area (Å²) in [5, 5.41) is 8.38. The lowest BCUT2D eigenvalue weighted by Gasteiger charge is -2.52. The van der Waals surface area contributed by atoms with Gasteiger partial charge in [0.1, 0.15) is 11.1 Å². The van der Waals surface area contributed by atoms with Gasteiger partial charge in [0.05, 0.1) is 5.60 Å². The van der Waals surface area contributed by atoms with Crippen molar-refractivity contribution in [3.63, 3.8) is 0 Å². The smallest absolute Gasteiger partial charge is 0.303 e. The van der Waals surface area contributed by atoms with Crippen LogP contribution in [0.25, 0.3) is 0 Å². The van der Waals surface area contributed by atoms with Crippen molar-refractivity contribution in [1.82, 2.24) is 5.32 Å². The number of hydrogen-bond acceptors (Lipinski definition) is 4. The zero-order valence-corrected chi connectivity index (χ0v) is 15.4. The van der Waals surface area contributed by atoms with E-state index in [-0.39, 0.29) is 12.3 Å². The molecule has 0 saturated carbocycles. The average molecular weight is 330 g/mol. The molecule has 0 heterocycles. The molecule has 0 aliphatic carbocycles. The van der Waals surface area contributed by atoms with Gasteiger partial charge in [0.2, 0.25) is 11.7 Å². The number of nitrogens with two attached hydrogens (primary N) is 2. The third-order valence-corrected chi connectivity index (χ3v) is 4.58. The molecule has 0 aromatic rings. The van der Waals surface area contributed by atoms with Crippen LogP contribution in [0.15, 0.2) is 0 Å².